The van der Waals surface area contributed by atoms with E-state index in [1.165, 1.54) is 54.9 Å². The molecule has 1 fully saturated rings. The van der Waals surface area contributed by atoms with E-state index in [-0.39, 0.29) is 0 Å². The lowest BCUT2D eigenvalue weighted by Gasteiger charge is -2.39. The maximum Gasteiger partial charge on any atom is 0.0700 e. The number of aromatic amines is 1. The van der Waals surface area contributed by atoms with Crippen molar-refractivity contribution < 1.29 is 0 Å². The third-order valence-corrected chi connectivity index (χ3v) is 5.28. The van der Waals surface area contributed by atoms with Gasteiger partial charge in [0.15, 0.2) is 0 Å². The number of hydrogen-bond donors (Lipinski definition) is 1. The number of nitrogens with one attached hydrogen (secondary N) is 1. The monoisotopic (exact) mass is 281 g/mol. The Morgan fingerprint density at radius 2 is 2.05 bits per heavy atom. The Kier molecular flexibility index (Phi) is 3.30. The maximum absolute atomic E-state index is 4.63. The summed E-state index contributed by atoms with van der Waals surface area (Å²) in [6, 6.07) is 10.7. The molecule has 2 aromatic rings. The minimum atomic E-state index is 0.823. The van der Waals surface area contributed by atoms with Crippen LogP contribution in [0.1, 0.15) is 28.9 Å². The fourth-order valence-electron chi connectivity index (χ4n) is 4.08. The molecule has 21 heavy (non-hydrogen) atoms. The minimum absolute atomic E-state index is 0.823. The Balaban J connectivity index is 1.58. The molecule has 4 rings (SSSR count). The van der Waals surface area contributed by atoms with Crippen LogP contribution in [-0.4, -0.2) is 35.2 Å². The predicted molar refractivity (Wildman–Crippen MR) is 84.3 cm³/mol. The second-order valence-electron chi connectivity index (χ2n) is 6.77. The molecule has 2 heterocycles. The van der Waals surface area contributed by atoms with Crippen LogP contribution in [0.4, 0.5) is 0 Å². The van der Waals surface area contributed by atoms with Crippen molar-refractivity contribution in [2.24, 2.45) is 11.8 Å². The summed E-state index contributed by atoms with van der Waals surface area (Å²) < 4.78 is 0. The van der Waals surface area contributed by atoms with E-state index in [9.17, 15) is 0 Å². The molecule has 2 unspecified atom stereocenters. The van der Waals surface area contributed by atoms with E-state index in [4.69, 9.17) is 0 Å². The van der Waals surface area contributed by atoms with Crippen molar-refractivity contribution in [3.05, 3.63) is 52.8 Å². The highest BCUT2D eigenvalue weighted by atomic mass is 15.1. The summed E-state index contributed by atoms with van der Waals surface area (Å²) in [4.78, 5) is 2.49. The standard InChI is InChI=1S/C18H23N3/c1-21-8-7-14-11-18-16(10-15(14)12-21)17(19-20-18)9-13-5-3-2-4-6-13/h2-6,14-15H,7-12H2,1H3,(H,19,20). The van der Waals surface area contributed by atoms with Crippen molar-refractivity contribution in [2.45, 2.75) is 25.7 Å². The first-order chi connectivity index (χ1) is 10.3. The molecular formula is C18H23N3. The number of rotatable bonds is 2. The average Bonchev–Trinajstić information content (AvgIpc) is 2.88. The zero-order valence-corrected chi connectivity index (χ0v) is 12.7. The Labute approximate surface area is 126 Å². The lowest BCUT2D eigenvalue weighted by molar-refractivity contribution is 0.133. The van der Waals surface area contributed by atoms with Crippen molar-refractivity contribution >= 4 is 0 Å². The molecule has 0 bridgehead atoms. The van der Waals surface area contributed by atoms with E-state index < -0.39 is 0 Å². The molecule has 1 aromatic heterocycles. The molecule has 1 aromatic carbocycles. The summed E-state index contributed by atoms with van der Waals surface area (Å²) >= 11 is 0. The SMILES string of the molecule is CN1CCC2Cc3[nH]nc(Cc4ccccc4)c3CC2C1. The highest BCUT2D eigenvalue weighted by molar-refractivity contribution is 5.33. The van der Waals surface area contributed by atoms with E-state index in [1.807, 2.05) is 0 Å². The van der Waals surface area contributed by atoms with Crippen molar-refractivity contribution in [1.29, 1.82) is 0 Å². The Hall–Kier alpha value is -1.61. The molecule has 0 amide bonds. The Morgan fingerprint density at radius 3 is 2.90 bits per heavy atom. The number of likely N-dealkylation sites (tertiary alicyclic amines) is 1. The molecule has 1 N–H and O–H groups in total. The van der Waals surface area contributed by atoms with Gasteiger partial charge in [0.05, 0.1) is 5.69 Å². The molecule has 2 aliphatic rings. The highest BCUT2D eigenvalue weighted by Gasteiger charge is 2.34. The summed E-state index contributed by atoms with van der Waals surface area (Å²) in [5.41, 5.74) is 5.54. The molecule has 0 radical (unpaired) electrons. The highest BCUT2D eigenvalue weighted by Crippen LogP contribution is 2.36. The summed E-state index contributed by atoms with van der Waals surface area (Å²) in [6.07, 6.45) is 4.71. The van der Waals surface area contributed by atoms with Crippen LogP contribution in [0.5, 0.6) is 0 Å². The van der Waals surface area contributed by atoms with Gasteiger partial charge in [0.25, 0.3) is 0 Å². The molecule has 3 nitrogen and oxygen atoms in total. The first-order valence-electron chi connectivity index (χ1n) is 8.07. The third-order valence-electron chi connectivity index (χ3n) is 5.28. The average molecular weight is 281 g/mol. The number of hydrogen-bond acceptors (Lipinski definition) is 2. The number of benzene rings is 1. The predicted octanol–water partition coefficient (Wildman–Crippen LogP) is 2.67. The first-order valence-corrected chi connectivity index (χ1v) is 8.07. The summed E-state index contributed by atoms with van der Waals surface area (Å²) in [5.74, 6) is 1.68. The van der Waals surface area contributed by atoms with E-state index in [1.54, 1.807) is 0 Å². The number of fused-ring (bicyclic) bond motifs is 2. The summed E-state index contributed by atoms with van der Waals surface area (Å²) in [5, 5.41) is 7.96. The molecule has 1 saturated heterocycles. The number of nitrogens with zero attached hydrogens (tertiary/aromatic N) is 2. The molecule has 1 aliphatic heterocycles. The van der Waals surface area contributed by atoms with Gasteiger partial charge in [-0.1, -0.05) is 30.3 Å². The zero-order valence-electron chi connectivity index (χ0n) is 12.7. The third kappa shape index (κ3) is 2.51. The van der Waals surface area contributed by atoms with Gasteiger partial charge in [-0.15, -0.1) is 0 Å². The lowest BCUT2D eigenvalue weighted by atomic mass is 9.74. The maximum atomic E-state index is 4.63. The van der Waals surface area contributed by atoms with Gasteiger partial charge >= 0.3 is 0 Å². The second-order valence-corrected chi connectivity index (χ2v) is 6.77. The van der Waals surface area contributed by atoms with Gasteiger partial charge in [0.2, 0.25) is 0 Å². The van der Waals surface area contributed by atoms with Crippen LogP contribution in [0.3, 0.4) is 0 Å². The van der Waals surface area contributed by atoms with Crippen molar-refractivity contribution in [3.63, 3.8) is 0 Å². The smallest absolute Gasteiger partial charge is 0.0700 e. The number of piperidine rings is 1. The molecule has 2 atom stereocenters. The van der Waals surface area contributed by atoms with Crippen LogP contribution in [0, 0.1) is 11.8 Å². The zero-order chi connectivity index (χ0) is 14.2. The van der Waals surface area contributed by atoms with E-state index in [2.05, 4.69) is 52.5 Å². The fourth-order valence-corrected chi connectivity index (χ4v) is 4.08. The van der Waals surface area contributed by atoms with Crippen LogP contribution in [0.25, 0.3) is 0 Å². The van der Waals surface area contributed by atoms with Gasteiger partial charge in [-0.25, -0.2) is 0 Å². The molecule has 3 heteroatoms. The normalized spacial score (nSPS) is 25.4. The van der Waals surface area contributed by atoms with E-state index >= 15 is 0 Å². The summed E-state index contributed by atoms with van der Waals surface area (Å²) in [6.45, 7) is 2.50. The minimum Gasteiger partial charge on any atom is -0.306 e. The van der Waals surface area contributed by atoms with E-state index in [0.29, 0.717) is 0 Å². The van der Waals surface area contributed by atoms with Crippen molar-refractivity contribution in [1.82, 2.24) is 15.1 Å². The van der Waals surface area contributed by atoms with Crippen LogP contribution >= 0.6 is 0 Å². The van der Waals surface area contributed by atoms with Gasteiger partial charge in [-0.2, -0.15) is 5.10 Å². The van der Waals surface area contributed by atoms with Crippen molar-refractivity contribution in [2.75, 3.05) is 20.1 Å². The topological polar surface area (TPSA) is 31.9 Å². The van der Waals surface area contributed by atoms with Gasteiger partial charge in [0, 0.05) is 18.7 Å². The molecule has 1 aliphatic carbocycles. The van der Waals surface area contributed by atoms with Crippen molar-refractivity contribution in [3.8, 4) is 0 Å². The molecule has 0 spiro atoms. The first kappa shape index (κ1) is 13.1. The van der Waals surface area contributed by atoms with Gasteiger partial charge in [-0.05, 0) is 55.8 Å². The largest absolute Gasteiger partial charge is 0.306 e. The van der Waals surface area contributed by atoms with Crippen LogP contribution in [0.2, 0.25) is 0 Å². The Bertz CT molecular complexity index is 617. The van der Waals surface area contributed by atoms with Crippen LogP contribution < -0.4 is 0 Å². The summed E-state index contributed by atoms with van der Waals surface area (Å²) in [7, 11) is 2.26. The number of H-pyrrole nitrogens is 1. The molecular weight excluding hydrogens is 258 g/mol. The van der Waals surface area contributed by atoms with Crippen LogP contribution in [-0.2, 0) is 19.3 Å². The van der Waals surface area contributed by atoms with Gasteiger partial charge in [-0.3, -0.25) is 5.10 Å². The molecule has 110 valence electrons. The number of aromatic nitrogens is 2. The lowest BCUT2D eigenvalue weighted by Crippen LogP contribution is -2.41. The van der Waals surface area contributed by atoms with Gasteiger partial charge in [0.1, 0.15) is 0 Å². The molecule has 0 saturated carbocycles. The Morgan fingerprint density at radius 1 is 1.19 bits per heavy atom. The van der Waals surface area contributed by atoms with Gasteiger partial charge < -0.3 is 4.90 Å². The quantitative estimate of drug-likeness (QED) is 0.918. The second kappa shape index (κ2) is 5.30. The fraction of sp³-hybridized carbons (Fsp3) is 0.500. The van der Waals surface area contributed by atoms with Crippen LogP contribution in [0.15, 0.2) is 30.3 Å². The van der Waals surface area contributed by atoms with E-state index in [0.717, 1.165) is 18.3 Å².